The molecular formula is C43H80ClNO5. The topological polar surface area (TPSA) is 72.9 Å². The molecule has 2 unspecified atom stereocenters. The van der Waals surface area contributed by atoms with Crippen LogP contribution in [0, 0.1) is 11.8 Å². The summed E-state index contributed by atoms with van der Waals surface area (Å²) in [5.41, 5.74) is 0. The van der Waals surface area contributed by atoms with Crippen molar-refractivity contribution in [1.82, 2.24) is 4.90 Å². The largest absolute Gasteiger partial charge is 0.464 e. The SMILES string of the molecule is CCCCCCCC/C=C\CCCCCCCC(=O)OCCN(CCOC(=O)C(CCCCCC)CCCCCCCC)C(=O)C(C)CCCl. The Labute approximate surface area is 314 Å². The van der Waals surface area contributed by atoms with Crippen LogP contribution in [-0.4, -0.2) is 54.9 Å². The average Bonchev–Trinajstić information content (AvgIpc) is 3.11. The number of amides is 1. The molecule has 0 aromatic rings. The summed E-state index contributed by atoms with van der Waals surface area (Å²) in [4.78, 5) is 40.4. The third kappa shape index (κ3) is 30.1. The number of ether oxygens (including phenoxy) is 2. The highest BCUT2D eigenvalue weighted by molar-refractivity contribution is 6.18. The monoisotopic (exact) mass is 726 g/mol. The van der Waals surface area contributed by atoms with E-state index >= 15 is 0 Å². The lowest BCUT2D eigenvalue weighted by Crippen LogP contribution is -2.40. The van der Waals surface area contributed by atoms with Crippen LogP contribution in [0.1, 0.15) is 201 Å². The highest BCUT2D eigenvalue weighted by Crippen LogP contribution is 2.21. The fraction of sp³-hybridized carbons (Fsp3) is 0.884. The molecule has 0 fully saturated rings. The van der Waals surface area contributed by atoms with Crippen LogP contribution in [0.2, 0.25) is 0 Å². The van der Waals surface area contributed by atoms with E-state index in [2.05, 4.69) is 32.9 Å². The van der Waals surface area contributed by atoms with E-state index in [0.29, 0.717) is 31.8 Å². The van der Waals surface area contributed by atoms with E-state index < -0.39 is 0 Å². The van der Waals surface area contributed by atoms with Crippen LogP contribution in [-0.2, 0) is 23.9 Å². The van der Waals surface area contributed by atoms with Gasteiger partial charge in [-0.2, -0.15) is 0 Å². The van der Waals surface area contributed by atoms with Gasteiger partial charge in [0.1, 0.15) is 13.2 Å². The van der Waals surface area contributed by atoms with Gasteiger partial charge < -0.3 is 14.4 Å². The Morgan fingerprint density at radius 2 is 1.02 bits per heavy atom. The lowest BCUT2D eigenvalue weighted by atomic mass is 9.94. The first kappa shape index (κ1) is 48.4. The molecule has 2 atom stereocenters. The van der Waals surface area contributed by atoms with Crippen LogP contribution >= 0.6 is 11.6 Å². The van der Waals surface area contributed by atoms with E-state index in [1.807, 2.05) is 6.92 Å². The maximum absolute atomic E-state index is 13.2. The van der Waals surface area contributed by atoms with Gasteiger partial charge in [0, 0.05) is 18.2 Å². The summed E-state index contributed by atoms with van der Waals surface area (Å²) in [5, 5.41) is 0. The van der Waals surface area contributed by atoms with E-state index in [9.17, 15) is 14.4 Å². The molecule has 0 aromatic heterocycles. The Kier molecular flexibility index (Phi) is 36.0. The third-order valence-corrected chi connectivity index (χ3v) is 10.0. The third-order valence-electron chi connectivity index (χ3n) is 9.79. The fourth-order valence-corrected chi connectivity index (χ4v) is 6.68. The van der Waals surface area contributed by atoms with Crippen LogP contribution in [0.25, 0.3) is 0 Å². The minimum Gasteiger partial charge on any atom is -0.464 e. The summed E-state index contributed by atoms with van der Waals surface area (Å²) in [5.74, 6) is -0.306. The molecule has 0 aliphatic heterocycles. The number of hydrogen-bond acceptors (Lipinski definition) is 5. The van der Waals surface area contributed by atoms with Gasteiger partial charge in [-0.25, -0.2) is 0 Å². The Hall–Kier alpha value is -1.56. The first-order chi connectivity index (χ1) is 24.4. The molecule has 0 bridgehead atoms. The molecule has 0 radical (unpaired) electrons. The second kappa shape index (κ2) is 37.2. The summed E-state index contributed by atoms with van der Waals surface area (Å²) in [6.45, 7) is 9.44. The first-order valence-electron chi connectivity index (χ1n) is 21.2. The van der Waals surface area contributed by atoms with Gasteiger partial charge in [0.2, 0.25) is 5.91 Å². The van der Waals surface area contributed by atoms with Crippen molar-refractivity contribution in [2.75, 3.05) is 32.2 Å². The zero-order chi connectivity index (χ0) is 36.9. The molecule has 0 N–H and O–H groups in total. The summed E-state index contributed by atoms with van der Waals surface area (Å²) in [7, 11) is 0. The normalized spacial score (nSPS) is 12.7. The lowest BCUT2D eigenvalue weighted by molar-refractivity contribution is -0.152. The van der Waals surface area contributed by atoms with Crippen molar-refractivity contribution in [3.05, 3.63) is 12.2 Å². The van der Waals surface area contributed by atoms with Crippen molar-refractivity contribution in [3.8, 4) is 0 Å². The van der Waals surface area contributed by atoms with Gasteiger partial charge in [-0.1, -0.05) is 155 Å². The molecule has 0 saturated carbocycles. The van der Waals surface area contributed by atoms with Crippen molar-refractivity contribution < 1.29 is 23.9 Å². The van der Waals surface area contributed by atoms with Gasteiger partial charge in [0.05, 0.1) is 19.0 Å². The number of rotatable bonds is 37. The quantitative estimate of drug-likeness (QED) is 0.0276. The lowest BCUT2D eigenvalue weighted by Gasteiger charge is -2.26. The summed E-state index contributed by atoms with van der Waals surface area (Å²) in [6, 6.07) is 0. The van der Waals surface area contributed by atoms with Crippen molar-refractivity contribution in [3.63, 3.8) is 0 Å². The van der Waals surface area contributed by atoms with E-state index in [-0.39, 0.29) is 42.9 Å². The number of allylic oxidation sites excluding steroid dienone is 2. The van der Waals surface area contributed by atoms with Gasteiger partial charge >= 0.3 is 11.9 Å². The van der Waals surface area contributed by atoms with Crippen LogP contribution in [0.5, 0.6) is 0 Å². The van der Waals surface area contributed by atoms with Crippen LogP contribution in [0.3, 0.4) is 0 Å². The number of esters is 2. The van der Waals surface area contributed by atoms with E-state index in [1.54, 1.807) is 4.90 Å². The number of nitrogens with zero attached hydrogens (tertiary/aromatic N) is 1. The highest BCUT2D eigenvalue weighted by Gasteiger charge is 2.23. The van der Waals surface area contributed by atoms with Gasteiger partial charge in [-0.3, -0.25) is 14.4 Å². The van der Waals surface area contributed by atoms with Gasteiger partial charge in [0.15, 0.2) is 0 Å². The molecule has 0 aliphatic carbocycles. The number of carbonyl (C=O) groups excluding carboxylic acids is 3. The van der Waals surface area contributed by atoms with E-state index in [4.69, 9.17) is 21.1 Å². The molecule has 6 nitrogen and oxygen atoms in total. The molecule has 0 spiro atoms. The minimum atomic E-state index is -0.242. The van der Waals surface area contributed by atoms with Crippen molar-refractivity contribution >= 4 is 29.4 Å². The number of carbonyl (C=O) groups is 3. The smallest absolute Gasteiger partial charge is 0.308 e. The highest BCUT2D eigenvalue weighted by atomic mass is 35.5. The standard InChI is InChI=1S/C43H80ClNO5/c1-5-8-11-14-16-17-18-19-20-21-22-23-24-26-29-32-41(46)49-37-35-45(42(47)39(4)33-34-44)36-38-50-43(48)40(30-27-13-10-7-3)31-28-25-15-12-9-6-2/h19-20,39-40H,5-18,21-38H2,1-4H3/b20-19-. The minimum absolute atomic E-state index is 0.0433. The molecule has 0 rings (SSSR count). The van der Waals surface area contributed by atoms with E-state index in [1.165, 1.54) is 96.3 Å². The Balaban J connectivity index is 4.48. The van der Waals surface area contributed by atoms with E-state index in [0.717, 1.165) is 64.2 Å². The Morgan fingerprint density at radius 1 is 0.580 bits per heavy atom. The Morgan fingerprint density at radius 3 is 1.54 bits per heavy atom. The van der Waals surface area contributed by atoms with Crippen molar-refractivity contribution in [1.29, 1.82) is 0 Å². The van der Waals surface area contributed by atoms with Crippen molar-refractivity contribution in [2.24, 2.45) is 11.8 Å². The zero-order valence-electron chi connectivity index (χ0n) is 33.3. The summed E-state index contributed by atoms with van der Waals surface area (Å²) >= 11 is 5.93. The van der Waals surface area contributed by atoms with Crippen molar-refractivity contribution in [2.45, 2.75) is 201 Å². The van der Waals surface area contributed by atoms with Gasteiger partial charge in [-0.15, -0.1) is 11.6 Å². The molecule has 294 valence electrons. The summed E-state index contributed by atoms with van der Waals surface area (Å²) in [6.07, 6.45) is 35.0. The number of hydrogen-bond donors (Lipinski definition) is 0. The van der Waals surface area contributed by atoms with Crippen LogP contribution < -0.4 is 0 Å². The van der Waals surface area contributed by atoms with Gasteiger partial charge in [-0.05, 0) is 51.4 Å². The molecule has 0 heterocycles. The molecule has 0 aliphatic rings. The molecule has 0 saturated heterocycles. The zero-order valence-corrected chi connectivity index (χ0v) is 34.1. The summed E-state index contributed by atoms with van der Waals surface area (Å²) < 4.78 is 11.3. The van der Waals surface area contributed by atoms with Crippen LogP contribution in [0.15, 0.2) is 12.2 Å². The second-order valence-electron chi connectivity index (χ2n) is 14.5. The fourth-order valence-electron chi connectivity index (χ4n) is 6.36. The van der Waals surface area contributed by atoms with Crippen LogP contribution in [0.4, 0.5) is 0 Å². The molecule has 0 aromatic carbocycles. The molecular weight excluding hydrogens is 646 g/mol. The molecule has 7 heteroatoms. The molecule has 1 amide bonds. The predicted molar refractivity (Wildman–Crippen MR) is 213 cm³/mol. The predicted octanol–water partition coefficient (Wildman–Crippen LogP) is 12.5. The number of unbranched alkanes of at least 4 members (excludes halogenated alkanes) is 19. The first-order valence-corrected chi connectivity index (χ1v) is 21.8. The average molecular weight is 727 g/mol. The maximum Gasteiger partial charge on any atom is 0.308 e. The number of alkyl halides is 1. The maximum atomic E-state index is 13.2. The van der Waals surface area contributed by atoms with Gasteiger partial charge in [0.25, 0.3) is 0 Å². The number of halogens is 1. The second-order valence-corrected chi connectivity index (χ2v) is 14.9. The Bertz CT molecular complexity index is 819. The molecule has 50 heavy (non-hydrogen) atoms.